The van der Waals surface area contributed by atoms with Crippen molar-refractivity contribution < 1.29 is 0 Å². The van der Waals surface area contributed by atoms with E-state index in [4.69, 9.17) is 6.92 Å². The molecule has 0 spiro atoms. The fourth-order valence-electron chi connectivity index (χ4n) is 4.04. The third kappa shape index (κ3) is 2.81. The van der Waals surface area contributed by atoms with Crippen molar-refractivity contribution >= 4 is 0 Å². The van der Waals surface area contributed by atoms with E-state index in [9.17, 15) is 0 Å². The van der Waals surface area contributed by atoms with Gasteiger partial charge in [0, 0.05) is 5.41 Å². The summed E-state index contributed by atoms with van der Waals surface area (Å²) in [6.07, 6.45) is 2.51. The largest absolute Gasteiger partial charge is 0.0584 e. The Morgan fingerprint density at radius 3 is 1.83 bits per heavy atom. The van der Waals surface area contributed by atoms with Crippen molar-refractivity contribution in [3.63, 3.8) is 0 Å². The molecule has 0 heteroatoms. The van der Waals surface area contributed by atoms with Gasteiger partial charge in [0.15, 0.2) is 0 Å². The first-order valence-corrected chi connectivity index (χ1v) is 9.06. The van der Waals surface area contributed by atoms with Crippen LogP contribution in [0.15, 0.2) is 42.5 Å². The molecule has 0 nitrogen and oxygen atoms in total. The molecular formula is C24H30. The van der Waals surface area contributed by atoms with Crippen LogP contribution in [-0.4, -0.2) is 0 Å². The molecule has 1 aliphatic rings. The Hall–Kier alpha value is -1.56. The van der Waals surface area contributed by atoms with Gasteiger partial charge in [0.1, 0.15) is 0 Å². The van der Waals surface area contributed by atoms with Crippen molar-refractivity contribution in [2.45, 2.75) is 70.6 Å². The molecule has 0 bridgehead atoms. The molecule has 0 saturated heterocycles. The average molecular weight is 319 g/mol. The Morgan fingerprint density at radius 1 is 0.750 bits per heavy atom. The summed E-state index contributed by atoms with van der Waals surface area (Å²) >= 11 is 0. The molecule has 0 amide bonds. The van der Waals surface area contributed by atoms with Crippen molar-refractivity contribution in [1.82, 2.24) is 0 Å². The molecular weight excluding hydrogens is 288 g/mol. The highest BCUT2D eigenvalue weighted by atomic mass is 14.4. The van der Waals surface area contributed by atoms with E-state index in [0.29, 0.717) is 0 Å². The topological polar surface area (TPSA) is 0 Å². The minimum Gasteiger partial charge on any atom is -0.0584 e. The van der Waals surface area contributed by atoms with Gasteiger partial charge < -0.3 is 0 Å². The maximum Gasteiger partial charge on any atom is 0.0146 e. The highest BCUT2D eigenvalue weighted by Crippen LogP contribution is 2.47. The van der Waals surface area contributed by atoms with Crippen LogP contribution in [0.25, 0.3) is 0 Å². The van der Waals surface area contributed by atoms with Crippen LogP contribution in [-0.2, 0) is 16.2 Å². The lowest BCUT2D eigenvalue weighted by atomic mass is 9.62. The zero-order valence-electron chi connectivity index (χ0n) is 16.0. The van der Waals surface area contributed by atoms with Gasteiger partial charge in [-0.3, -0.25) is 0 Å². The van der Waals surface area contributed by atoms with Gasteiger partial charge >= 0.3 is 0 Å². The Labute approximate surface area is 148 Å². The zero-order chi connectivity index (χ0) is 17.8. The monoisotopic (exact) mass is 318 g/mol. The predicted octanol–water partition coefficient (Wildman–Crippen LogP) is 6.42. The van der Waals surface area contributed by atoms with E-state index in [1.54, 1.807) is 0 Å². The molecule has 2 aromatic rings. The molecule has 0 heterocycles. The van der Waals surface area contributed by atoms with E-state index in [2.05, 4.69) is 71.9 Å². The number of hydrogen-bond donors (Lipinski definition) is 0. The normalized spacial score (nSPS) is 19.0. The highest BCUT2D eigenvalue weighted by molar-refractivity contribution is 5.48. The Kier molecular flexibility index (Phi) is 3.94. The van der Waals surface area contributed by atoms with Crippen LogP contribution in [0, 0.1) is 6.92 Å². The number of hydrogen-bond acceptors (Lipinski definition) is 0. The standard InChI is InChI=1S/C24H30/c1-17-8-10-18(11-9-17)24(6,7)19-12-13-20-21(16-19)23(4,5)15-14-22(20,2)3/h1,8-13,16H,14-15H2,2-7H3. The van der Waals surface area contributed by atoms with Crippen LogP contribution in [0.3, 0.4) is 0 Å². The summed E-state index contributed by atoms with van der Waals surface area (Å²) in [7, 11) is 0. The van der Waals surface area contributed by atoms with Gasteiger partial charge in [0.25, 0.3) is 0 Å². The molecule has 0 atom stereocenters. The van der Waals surface area contributed by atoms with Crippen LogP contribution in [0.4, 0.5) is 0 Å². The fraction of sp³-hybridized carbons (Fsp3) is 0.458. The van der Waals surface area contributed by atoms with E-state index < -0.39 is 0 Å². The Bertz CT molecular complexity index is 742. The molecule has 1 aliphatic carbocycles. The molecule has 0 saturated carbocycles. The van der Waals surface area contributed by atoms with Crippen LogP contribution in [0.2, 0.25) is 0 Å². The van der Waals surface area contributed by atoms with Gasteiger partial charge in [-0.25, -0.2) is 0 Å². The summed E-state index contributed by atoms with van der Waals surface area (Å²) in [5, 5.41) is 0. The lowest BCUT2D eigenvalue weighted by Gasteiger charge is -2.43. The molecule has 24 heavy (non-hydrogen) atoms. The van der Waals surface area contributed by atoms with Gasteiger partial charge in [-0.15, -0.1) is 0 Å². The average Bonchev–Trinajstić information content (AvgIpc) is 2.52. The van der Waals surface area contributed by atoms with Crippen LogP contribution in [0.5, 0.6) is 0 Å². The van der Waals surface area contributed by atoms with Gasteiger partial charge in [-0.2, -0.15) is 0 Å². The maximum absolute atomic E-state index is 5.87. The van der Waals surface area contributed by atoms with Crippen molar-refractivity contribution in [2.24, 2.45) is 0 Å². The summed E-state index contributed by atoms with van der Waals surface area (Å²) in [4.78, 5) is 0. The molecule has 0 N–H and O–H groups in total. The maximum atomic E-state index is 5.87. The zero-order valence-corrected chi connectivity index (χ0v) is 16.0. The summed E-state index contributed by atoms with van der Waals surface area (Å²) < 4.78 is 0. The van der Waals surface area contributed by atoms with E-state index in [-0.39, 0.29) is 16.2 Å². The van der Waals surface area contributed by atoms with Crippen molar-refractivity contribution in [3.05, 3.63) is 77.2 Å². The SMILES string of the molecule is [CH]c1ccc(C(C)(C)c2ccc3c(c2)C(C)(C)CCC3(C)C)cc1. The third-order valence-corrected chi connectivity index (χ3v) is 6.21. The molecule has 0 fully saturated rings. The molecule has 126 valence electrons. The summed E-state index contributed by atoms with van der Waals surface area (Å²) in [6, 6.07) is 15.5. The fourth-order valence-corrected chi connectivity index (χ4v) is 4.04. The lowest BCUT2D eigenvalue weighted by molar-refractivity contribution is 0.331. The molecule has 2 radical (unpaired) electrons. The number of rotatable bonds is 2. The molecule has 3 rings (SSSR count). The molecule has 0 aromatic heterocycles. The first-order chi connectivity index (χ1) is 11.0. The minimum absolute atomic E-state index is 0.0274. The van der Waals surface area contributed by atoms with Crippen molar-refractivity contribution in [3.8, 4) is 0 Å². The van der Waals surface area contributed by atoms with Gasteiger partial charge in [-0.1, -0.05) is 84.0 Å². The second-order valence-corrected chi connectivity index (χ2v) is 9.28. The summed E-state index contributed by atoms with van der Waals surface area (Å²) in [5.41, 5.74) is 7.06. The molecule has 2 aromatic carbocycles. The van der Waals surface area contributed by atoms with Crippen LogP contribution in [0.1, 0.15) is 82.2 Å². The highest BCUT2D eigenvalue weighted by Gasteiger charge is 2.38. The second-order valence-electron chi connectivity index (χ2n) is 9.28. The third-order valence-electron chi connectivity index (χ3n) is 6.21. The first-order valence-electron chi connectivity index (χ1n) is 9.06. The Balaban J connectivity index is 2.12. The van der Waals surface area contributed by atoms with Crippen molar-refractivity contribution in [2.75, 3.05) is 0 Å². The van der Waals surface area contributed by atoms with Gasteiger partial charge in [-0.05, 0) is 58.4 Å². The predicted molar refractivity (Wildman–Crippen MR) is 104 cm³/mol. The summed E-state index contributed by atoms with van der Waals surface area (Å²) in [5.74, 6) is 0. The first kappa shape index (κ1) is 17.3. The van der Waals surface area contributed by atoms with E-state index >= 15 is 0 Å². The minimum atomic E-state index is -0.0274. The number of benzene rings is 2. The van der Waals surface area contributed by atoms with Gasteiger partial charge in [0.2, 0.25) is 0 Å². The second kappa shape index (κ2) is 5.48. The lowest BCUT2D eigenvalue weighted by Crippen LogP contribution is -2.34. The van der Waals surface area contributed by atoms with E-state index in [1.165, 1.54) is 35.1 Å². The quantitative estimate of drug-likeness (QED) is 0.599. The van der Waals surface area contributed by atoms with Crippen LogP contribution < -0.4 is 0 Å². The van der Waals surface area contributed by atoms with E-state index in [0.717, 1.165) is 5.56 Å². The molecule has 0 unspecified atom stereocenters. The van der Waals surface area contributed by atoms with E-state index in [1.807, 2.05) is 12.1 Å². The Morgan fingerprint density at radius 2 is 1.25 bits per heavy atom. The molecule has 0 aliphatic heterocycles. The van der Waals surface area contributed by atoms with Crippen LogP contribution >= 0.6 is 0 Å². The van der Waals surface area contributed by atoms with Gasteiger partial charge in [0.05, 0.1) is 0 Å². The van der Waals surface area contributed by atoms with Crippen molar-refractivity contribution in [1.29, 1.82) is 0 Å². The number of fused-ring (bicyclic) bond motifs is 1. The summed E-state index contributed by atoms with van der Waals surface area (Å²) in [6.45, 7) is 20.0. The smallest absolute Gasteiger partial charge is 0.0146 e.